The lowest BCUT2D eigenvalue weighted by Gasteiger charge is -2.21. The second kappa shape index (κ2) is 4.47. The Morgan fingerprint density at radius 1 is 1.42 bits per heavy atom. The van der Waals surface area contributed by atoms with Crippen LogP contribution in [0.5, 0.6) is 0 Å². The van der Waals surface area contributed by atoms with Crippen molar-refractivity contribution in [3.63, 3.8) is 0 Å². The minimum atomic E-state index is -0.990. The van der Waals surface area contributed by atoms with E-state index in [0.29, 0.717) is 25.7 Å². The number of terminal acetylenes is 1. The minimum Gasteiger partial charge on any atom is -0.317 e. The van der Waals surface area contributed by atoms with E-state index < -0.39 is 5.67 Å². The lowest BCUT2D eigenvalue weighted by molar-refractivity contribution is 0.134. The van der Waals surface area contributed by atoms with Crippen LogP contribution in [0.15, 0.2) is 0 Å². The summed E-state index contributed by atoms with van der Waals surface area (Å²) >= 11 is 0. The summed E-state index contributed by atoms with van der Waals surface area (Å²) in [5.74, 6) is 2.50. The van der Waals surface area contributed by atoms with Gasteiger partial charge in [-0.15, -0.1) is 12.3 Å². The Hall–Kier alpha value is -0.550. The topological polar surface area (TPSA) is 12.0 Å². The van der Waals surface area contributed by atoms with E-state index in [0.717, 1.165) is 19.5 Å². The first kappa shape index (κ1) is 9.54. The smallest absolute Gasteiger partial charge is 0.113 e. The molecule has 1 aliphatic rings. The molecule has 0 aromatic rings. The summed E-state index contributed by atoms with van der Waals surface area (Å²) in [6.07, 6.45) is 8.43. The van der Waals surface area contributed by atoms with Gasteiger partial charge in [-0.2, -0.15) is 0 Å². The molecule has 0 aliphatic carbocycles. The fourth-order valence-electron chi connectivity index (χ4n) is 1.64. The van der Waals surface area contributed by atoms with E-state index in [2.05, 4.69) is 11.2 Å². The van der Waals surface area contributed by atoms with Crippen LogP contribution in [0.1, 0.15) is 32.1 Å². The molecule has 1 nitrogen and oxygen atoms in total. The van der Waals surface area contributed by atoms with E-state index in [1.54, 1.807) is 0 Å². The number of alkyl halides is 1. The fraction of sp³-hybridized carbons (Fsp3) is 0.800. The number of rotatable bonds is 2. The van der Waals surface area contributed by atoms with E-state index in [1.807, 2.05) is 0 Å². The first-order valence-corrected chi connectivity index (χ1v) is 4.60. The Morgan fingerprint density at radius 2 is 2.25 bits per heavy atom. The first-order chi connectivity index (χ1) is 5.77. The van der Waals surface area contributed by atoms with Crippen molar-refractivity contribution >= 4 is 0 Å². The van der Waals surface area contributed by atoms with Crippen LogP contribution in [0.3, 0.4) is 0 Å². The van der Waals surface area contributed by atoms with Gasteiger partial charge in [0.05, 0.1) is 0 Å². The predicted octanol–water partition coefficient (Wildman–Crippen LogP) is 1.88. The highest BCUT2D eigenvalue weighted by Gasteiger charge is 2.29. The van der Waals surface area contributed by atoms with Crippen molar-refractivity contribution in [1.29, 1.82) is 0 Å². The second-order valence-electron chi connectivity index (χ2n) is 3.46. The summed E-state index contributed by atoms with van der Waals surface area (Å²) in [7, 11) is 0. The molecule has 0 spiro atoms. The maximum atomic E-state index is 13.9. The molecule has 1 heterocycles. The summed E-state index contributed by atoms with van der Waals surface area (Å²) < 4.78 is 13.9. The van der Waals surface area contributed by atoms with Gasteiger partial charge in [-0.3, -0.25) is 0 Å². The van der Waals surface area contributed by atoms with Gasteiger partial charge in [0.25, 0.3) is 0 Å². The van der Waals surface area contributed by atoms with Gasteiger partial charge < -0.3 is 5.32 Å². The van der Waals surface area contributed by atoms with Crippen LogP contribution in [-0.2, 0) is 0 Å². The van der Waals surface area contributed by atoms with Crippen LogP contribution >= 0.6 is 0 Å². The summed E-state index contributed by atoms with van der Waals surface area (Å²) in [6, 6.07) is 0. The van der Waals surface area contributed by atoms with Gasteiger partial charge in [0.1, 0.15) is 5.67 Å². The largest absolute Gasteiger partial charge is 0.317 e. The van der Waals surface area contributed by atoms with Gasteiger partial charge in [0.15, 0.2) is 0 Å². The number of hydrogen-bond acceptors (Lipinski definition) is 1. The third-order valence-corrected chi connectivity index (χ3v) is 2.45. The SMILES string of the molecule is C#CCCC1(F)CCCNCC1. The molecular formula is C10H16FN. The Labute approximate surface area is 73.7 Å². The average molecular weight is 169 g/mol. The molecule has 0 saturated carbocycles. The predicted molar refractivity (Wildman–Crippen MR) is 48.6 cm³/mol. The molecule has 68 valence electrons. The molecule has 1 aliphatic heterocycles. The molecule has 0 radical (unpaired) electrons. The van der Waals surface area contributed by atoms with Gasteiger partial charge in [-0.25, -0.2) is 4.39 Å². The van der Waals surface area contributed by atoms with E-state index >= 15 is 0 Å². The van der Waals surface area contributed by atoms with Crippen molar-refractivity contribution in [2.45, 2.75) is 37.8 Å². The summed E-state index contributed by atoms with van der Waals surface area (Å²) in [6.45, 7) is 1.74. The monoisotopic (exact) mass is 169 g/mol. The second-order valence-corrected chi connectivity index (χ2v) is 3.46. The molecule has 1 unspecified atom stereocenters. The Morgan fingerprint density at radius 3 is 3.00 bits per heavy atom. The number of hydrogen-bond donors (Lipinski definition) is 1. The van der Waals surface area contributed by atoms with Crippen LogP contribution in [0, 0.1) is 12.3 Å². The number of nitrogens with one attached hydrogen (secondary N) is 1. The van der Waals surface area contributed by atoms with Crippen molar-refractivity contribution in [3.05, 3.63) is 0 Å². The molecule has 1 rings (SSSR count). The molecule has 1 saturated heterocycles. The molecular weight excluding hydrogens is 153 g/mol. The quantitative estimate of drug-likeness (QED) is 0.622. The fourth-order valence-corrected chi connectivity index (χ4v) is 1.64. The van der Waals surface area contributed by atoms with Crippen molar-refractivity contribution in [1.82, 2.24) is 5.32 Å². The summed E-state index contributed by atoms with van der Waals surface area (Å²) in [4.78, 5) is 0. The molecule has 0 aromatic heterocycles. The highest BCUT2D eigenvalue weighted by atomic mass is 19.1. The zero-order valence-corrected chi connectivity index (χ0v) is 7.41. The van der Waals surface area contributed by atoms with Crippen molar-refractivity contribution in [3.8, 4) is 12.3 Å². The van der Waals surface area contributed by atoms with Crippen LogP contribution < -0.4 is 5.32 Å². The van der Waals surface area contributed by atoms with Gasteiger partial charge >= 0.3 is 0 Å². The highest BCUT2D eigenvalue weighted by Crippen LogP contribution is 2.28. The molecule has 12 heavy (non-hydrogen) atoms. The summed E-state index contributed by atoms with van der Waals surface area (Å²) in [5, 5.41) is 3.19. The third kappa shape index (κ3) is 2.83. The molecule has 0 amide bonds. The van der Waals surface area contributed by atoms with Crippen LogP contribution in [0.25, 0.3) is 0 Å². The normalized spacial score (nSPS) is 30.7. The van der Waals surface area contributed by atoms with Crippen molar-refractivity contribution < 1.29 is 4.39 Å². The molecule has 1 atom stereocenters. The molecule has 1 N–H and O–H groups in total. The number of halogens is 1. The molecule has 0 bridgehead atoms. The van der Waals surface area contributed by atoms with E-state index in [4.69, 9.17) is 6.42 Å². The average Bonchev–Trinajstić information content (AvgIpc) is 2.27. The maximum Gasteiger partial charge on any atom is 0.113 e. The van der Waals surface area contributed by atoms with Crippen molar-refractivity contribution in [2.24, 2.45) is 0 Å². The highest BCUT2D eigenvalue weighted by molar-refractivity contribution is 4.90. The van der Waals surface area contributed by atoms with Crippen molar-refractivity contribution in [2.75, 3.05) is 13.1 Å². The van der Waals surface area contributed by atoms with Crippen LogP contribution in [0.4, 0.5) is 4.39 Å². The van der Waals surface area contributed by atoms with E-state index in [9.17, 15) is 4.39 Å². The van der Waals surface area contributed by atoms with Gasteiger partial charge in [-0.1, -0.05) is 0 Å². The minimum absolute atomic E-state index is 0.533. The zero-order chi connectivity index (χ0) is 8.86. The zero-order valence-electron chi connectivity index (χ0n) is 7.41. The van der Waals surface area contributed by atoms with Gasteiger partial charge in [0, 0.05) is 6.42 Å². The van der Waals surface area contributed by atoms with Crippen LogP contribution in [-0.4, -0.2) is 18.8 Å². The van der Waals surface area contributed by atoms with Gasteiger partial charge in [-0.05, 0) is 38.8 Å². The Balaban J connectivity index is 2.38. The Bertz CT molecular complexity index is 163. The molecule has 0 aromatic carbocycles. The lowest BCUT2D eigenvalue weighted by atomic mass is 9.92. The molecule has 2 heteroatoms. The lowest BCUT2D eigenvalue weighted by Crippen LogP contribution is -2.24. The standard InChI is InChI=1S/C10H16FN/c1-2-3-5-10(11)6-4-8-12-9-7-10/h1,12H,3-9H2. The first-order valence-electron chi connectivity index (χ1n) is 4.60. The van der Waals surface area contributed by atoms with Crippen LogP contribution in [0.2, 0.25) is 0 Å². The van der Waals surface area contributed by atoms with Gasteiger partial charge in [0.2, 0.25) is 0 Å². The third-order valence-electron chi connectivity index (χ3n) is 2.45. The van der Waals surface area contributed by atoms with E-state index in [1.165, 1.54) is 0 Å². The summed E-state index contributed by atoms with van der Waals surface area (Å²) in [5.41, 5.74) is -0.990. The molecule has 1 fully saturated rings. The Kier molecular flexibility index (Phi) is 3.55. The van der Waals surface area contributed by atoms with E-state index in [-0.39, 0.29) is 0 Å². The maximum absolute atomic E-state index is 13.9.